The molecule has 0 bridgehead atoms. The van der Waals surface area contributed by atoms with Crippen LogP contribution in [0.1, 0.15) is 35.7 Å². The first kappa shape index (κ1) is 15.0. The van der Waals surface area contributed by atoms with Crippen molar-refractivity contribution in [3.05, 3.63) is 29.3 Å². The fourth-order valence-corrected chi connectivity index (χ4v) is 1.63. The fraction of sp³-hybridized carbons (Fsp3) is 0.429. The average molecular weight is 263 g/mol. The van der Waals surface area contributed by atoms with E-state index in [4.69, 9.17) is 5.73 Å². The second-order valence-corrected chi connectivity index (χ2v) is 4.45. The molecule has 104 valence electrons. The number of nitrogens with one attached hydrogen (secondary N) is 2. The van der Waals surface area contributed by atoms with E-state index in [1.54, 1.807) is 12.1 Å². The van der Waals surface area contributed by atoms with Crippen LogP contribution in [0.5, 0.6) is 0 Å². The van der Waals surface area contributed by atoms with E-state index in [0.29, 0.717) is 24.3 Å². The van der Waals surface area contributed by atoms with E-state index >= 15 is 0 Å². The predicted octanol–water partition coefficient (Wildman–Crippen LogP) is 1.22. The maximum Gasteiger partial charge on any atom is 0.253 e. The fourth-order valence-electron chi connectivity index (χ4n) is 1.63. The third-order valence-corrected chi connectivity index (χ3v) is 2.66. The van der Waals surface area contributed by atoms with Crippen LogP contribution in [-0.2, 0) is 4.79 Å². The Morgan fingerprint density at radius 3 is 2.58 bits per heavy atom. The second kappa shape index (κ2) is 7.41. The van der Waals surface area contributed by atoms with Crippen LogP contribution in [0.3, 0.4) is 0 Å². The number of hydrogen-bond donors (Lipinski definition) is 3. The van der Waals surface area contributed by atoms with E-state index in [1.807, 2.05) is 19.9 Å². The van der Waals surface area contributed by atoms with Crippen LogP contribution in [0.25, 0.3) is 0 Å². The van der Waals surface area contributed by atoms with Gasteiger partial charge in [0.05, 0.1) is 5.56 Å². The molecule has 1 rings (SSSR count). The van der Waals surface area contributed by atoms with Crippen LogP contribution < -0.4 is 16.4 Å². The average Bonchev–Trinajstić information content (AvgIpc) is 2.36. The number of nitrogen functional groups attached to an aromatic ring is 1. The van der Waals surface area contributed by atoms with Gasteiger partial charge >= 0.3 is 0 Å². The summed E-state index contributed by atoms with van der Waals surface area (Å²) in [6.07, 6.45) is 1.18. The standard InChI is InChI=1S/C14H21N3O2/c1-3-7-16-13(18)6-8-17-14(19)11-5-4-10(2)9-12(11)15/h4-5,9H,3,6-8,15H2,1-2H3,(H,16,18)(H,17,19). The molecule has 0 heterocycles. The zero-order valence-electron chi connectivity index (χ0n) is 11.5. The number of carbonyl (C=O) groups excluding carboxylic acids is 2. The predicted molar refractivity (Wildman–Crippen MR) is 75.8 cm³/mol. The van der Waals surface area contributed by atoms with Gasteiger partial charge in [-0.3, -0.25) is 9.59 Å². The molecule has 0 aromatic heterocycles. The Labute approximate surface area is 113 Å². The molecule has 19 heavy (non-hydrogen) atoms. The van der Waals surface area contributed by atoms with Gasteiger partial charge in [-0.25, -0.2) is 0 Å². The van der Waals surface area contributed by atoms with Gasteiger partial charge in [-0.2, -0.15) is 0 Å². The summed E-state index contributed by atoms with van der Waals surface area (Å²) in [7, 11) is 0. The van der Waals surface area contributed by atoms with Crippen molar-refractivity contribution in [2.45, 2.75) is 26.7 Å². The van der Waals surface area contributed by atoms with Gasteiger partial charge in [-0.15, -0.1) is 0 Å². The summed E-state index contributed by atoms with van der Waals surface area (Å²) in [6.45, 7) is 4.87. The van der Waals surface area contributed by atoms with E-state index in [2.05, 4.69) is 10.6 Å². The number of anilines is 1. The number of rotatable bonds is 6. The second-order valence-electron chi connectivity index (χ2n) is 4.45. The summed E-state index contributed by atoms with van der Waals surface area (Å²) in [4.78, 5) is 23.2. The van der Waals surface area contributed by atoms with Crippen molar-refractivity contribution < 1.29 is 9.59 Å². The van der Waals surface area contributed by atoms with Crippen molar-refractivity contribution in [3.8, 4) is 0 Å². The first-order valence-corrected chi connectivity index (χ1v) is 6.45. The third-order valence-electron chi connectivity index (χ3n) is 2.66. The van der Waals surface area contributed by atoms with Crippen molar-refractivity contribution in [3.63, 3.8) is 0 Å². The number of hydrogen-bond acceptors (Lipinski definition) is 3. The van der Waals surface area contributed by atoms with Gasteiger partial charge in [0.25, 0.3) is 5.91 Å². The Kier molecular flexibility index (Phi) is 5.85. The van der Waals surface area contributed by atoms with Crippen molar-refractivity contribution in [1.29, 1.82) is 0 Å². The SMILES string of the molecule is CCCNC(=O)CCNC(=O)c1ccc(C)cc1N. The molecular weight excluding hydrogens is 242 g/mol. The molecule has 0 fully saturated rings. The number of amides is 2. The van der Waals surface area contributed by atoms with Gasteiger partial charge in [0, 0.05) is 25.2 Å². The van der Waals surface area contributed by atoms with Gasteiger partial charge in [0.2, 0.25) is 5.91 Å². The highest BCUT2D eigenvalue weighted by Crippen LogP contribution is 2.13. The molecule has 0 unspecified atom stereocenters. The monoisotopic (exact) mass is 263 g/mol. The lowest BCUT2D eigenvalue weighted by Crippen LogP contribution is -2.31. The van der Waals surface area contributed by atoms with E-state index < -0.39 is 0 Å². The lowest BCUT2D eigenvalue weighted by molar-refractivity contribution is -0.120. The topological polar surface area (TPSA) is 84.2 Å². The zero-order chi connectivity index (χ0) is 14.3. The van der Waals surface area contributed by atoms with Crippen LogP contribution in [0.4, 0.5) is 5.69 Å². The van der Waals surface area contributed by atoms with Gasteiger partial charge in [-0.05, 0) is 31.0 Å². The minimum absolute atomic E-state index is 0.0565. The highest BCUT2D eigenvalue weighted by molar-refractivity contribution is 5.99. The maximum absolute atomic E-state index is 11.8. The summed E-state index contributed by atoms with van der Waals surface area (Å²) in [5, 5.41) is 5.44. The van der Waals surface area contributed by atoms with Gasteiger partial charge in [-0.1, -0.05) is 13.0 Å². The molecule has 0 spiro atoms. The molecule has 5 heteroatoms. The molecular formula is C14H21N3O2. The van der Waals surface area contributed by atoms with Gasteiger partial charge in [0.1, 0.15) is 0 Å². The number of benzene rings is 1. The van der Waals surface area contributed by atoms with Crippen molar-refractivity contribution in [2.24, 2.45) is 0 Å². The molecule has 2 amide bonds. The van der Waals surface area contributed by atoms with E-state index in [0.717, 1.165) is 12.0 Å². The van der Waals surface area contributed by atoms with Crippen LogP contribution >= 0.6 is 0 Å². The van der Waals surface area contributed by atoms with E-state index in [-0.39, 0.29) is 18.2 Å². The molecule has 0 radical (unpaired) electrons. The molecule has 0 aliphatic rings. The van der Waals surface area contributed by atoms with Crippen LogP contribution in [0.15, 0.2) is 18.2 Å². The van der Waals surface area contributed by atoms with Gasteiger partial charge < -0.3 is 16.4 Å². The smallest absolute Gasteiger partial charge is 0.253 e. The summed E-state index contributed by atoms with van der Waals surface area (Å²) in [5.41, 5.74) is 7.68. The van der Waals surface area contributed by atoms with Crippen LogP contribution in [0.2, 0.25) is 0 Å². The quantitative estimate of drug-likeness (QED) is 0.675. The maximum atomic E-state index is 11.8. The molecule has 5 nitrogen and oxygen atoms in total. The Balaban J connectivity index is 2.41. The molecule has 1 aromatic rings. The molecule has 1 aromatic carbocycles. The Morgan fingerprint density at radius 1 is 1.21 bits per heavy atom. The summed E-state index contributed by atoms with van der Waals surface area (Å²) in [6, 6.07) is 5.28. The Morgan fingerprint density at radius 2 is 1.95 bits per heavy atom. The lowest BCUT2D eigenvalue weighted by Gasteiger charge is -2.08. The molecule has 0 aliphatic carbocycles. The van der Waals surface area contributed by atoms with E-state index in [9.17, 15) is 9.59 Å². The highest BCUT2D eigenvalue weighted by atomic mass is 16.2. The normalized spacial score (nSPS) is 10.0. The molecule has 0 aliphatic heterocycles. The number of carbonyl (C=O) groups is 2. The highest BCUT2D eigenvalue weighted by Gasteiger charge is 2.09. The van der Waals surface area contributed by atoms with Crippen LogP contribution in [-0.4, -0.2) is 24.9 Å². The minimum Gasteiger partial charge on any atom is -0.398 e. The minimum atomic E-state index is -0.249. The van der Waals surface area contributed by atoms with E-state index in [1.165, 1.54) is 0 Å². The molecule has 0 atom stereocenters. The summed E-state index contributed by atoms with van der Waals surface area (Å²) in [5.74, 6) is -0.306. The van der Waals surface area contributed by atoms with Gasteiger partial charge in [0.15, 0.2) is 0 Å². The first-order valence-electron chi connectivity index (χ1n) is 6.45. The lowest BCUT2D eigenvalue weighted by atomic mass is 10.1. The Bertz CT molecular complexity index is 458. The first-order chi connectivity index (χ1) is 9.04. The molecule has 0 saturated carbocycles. The van der Waals surface area contributed by atoms with Crippen molar-refractivity contribution in [1.82, 2.24) is 10.6 Å². The summed E-state index contributed by atoms with van der Waals surface area (Å²) >= 11 is 0. The van der Waals surface area contributed by atoms with Crippen molar-refractivity contribution in [2.75, 3.05) is 18.8 Å². The molecule has 4 N–H and O–H groups in total. The summed E-state index contributed by atoms with van der Waals surface area (Å²) < 4.78 is 0. The number of nitrogens with two attached hydrogens (primary N) is 1. The number of aryl methyl sites for hydroxylation is 1. The molecule has 0 saturated heterocycles. The largest absolute Gasteiger partial charge is 0.398 e. The Hall–Kier alpha value is -2.04. The van der Waals surface area contributed by atoms with Crippen molar-refractivity contribution >= 4 is 17.5 Å². The third kappa shape index (κ3) is 4.99. The zero-order valence-corrected chi connectivity index (χ0v) is 11.5. The van der Waals surface area contributed by atoms with Crippen LogP contribution in [0, 0.1) is 6.92 Å².